The molecule has 3 rings (SSSR count). The van der Waals surface area contributed by atoms with Gasteiger partial charge in [-0.3, -0.25) is 9.59 Å². The normalized spacial score (nSPS) is 10.3. The number of benzene rings is 2. The number of amides is 2. The summed E-state index contributed by atoms with van der Waals surface area (Å²) in [6, 6.07) is 13.9. The van der Waals surface area contributed by atoms with E-state index in [0.717, 1.165) is 10.6 Å². The van der Waals surface area contributed by atoms with Crippen LogP contribution in [0.3, 0.4) is 0 Å². The Bertz CT molecular complexity index is 924. The number of hydrogen-bond acceptors (Lipinski definition) is 5. The van der Waals surface area contributed by atoms with Crippen LogP contribution in [-0.4, -0.2) is 23.4 Å². The molecule has 0 aliphatic rings. The zero-order chi connectivity index (χ0) is 18.5. The number of nitrogens with two attached hydrogens (primary N) is 1. The van der Waals surface area contributed by atoms with E-state index in [1.54, 1.807) is 41.8 Å². The Hall–Kier alpha value is -2.90. The van der Waals surface area contributed by atoms with Crippen LogP contribution in [0.2, 0.25) is 5.02 Å². The van der Waals surface area contributed by atoms with Crippen LogP contribution < -0.4 is 15.8 Å². The van der Waals surface area contributed by atoms with Crippen molar-refractivity contribution in [2.45, 2.75) is 0 Å². The van der Waals surface area contributed by atoms with E-state index in [4.69, 9.17) is 22.1 Å². The Morgan fingerprint density at radius 2 is 1.81 bits per heavy atom. The lowest BCUT2D eigenvalue weighted by Gasteiger charge is -2.06. The maximum absolute atomic E-state index is 12.3. The zero-order valence-electron chi connectivity index (χ0n) is 13.4. The second kappa shape index (κ2) is 7.99. The van der Waals surface area contributed by atoms with Crippen LogP contribution in [0.15, 0.2) is 53.9 Å². The topological polar surface area (TPSA) is 94.3 Å². The number of carbonyl (C=O) groups is 2. The second-order valence-electron chi connectivity index (χ2n) is 5.28. The summed E-state index contributed by atoms with van der Waals surface area (Å²) in [5, 5.41) is 5.84. The minimum absolute atomic E-state index is 0.196. The average molecular weight is 388 g/mol. The molecule has 3 N–H and O–H groups in total. The molecule has 0 unspecified atom stereocenters. The number of hydrogen-bond donors (Lipinski definition) is 2. The standard InChI is InChI=1S/C18H14ClN3O3S/c19-12-3-1-11(2-4-12)18-22-15(10-26-18)17(24)21-13-5-7-14(8-6-13)25-9-16(20)23/h1-8,10H,9H2,(H2,20,23)(H,21,24). The average Bonchev–Trinajstić information content (AvgIpc) is 3.12. The number of rotatable bonds is 6. The van der Waals surface area contributed by atoms with Crippen LogP contribution in [0.5, 0.6) is 5.75 Å². The summed E-state index contributed by atoms with van der Waals surface area (Å²) in [5.74, 6) is -0.379. The highest BCUT2D eigenvalue weighted by Gasteiger charge is 2.12. The van der Waals surface area contributed by atoms with E-state index < -0.39 is 5.91 Å². The molecule has 0 saturated carbocycles. The predicted molar refractivity (Wildman–Crippen MR) is 102 cm³/mol. The van der Waals surface area contributed by atoms with Gasteiger partial charge in [-0.2, -0.15) is 0 Å². The van der Waals surface area contributed by atoms with Gasteiger partial charge >= 0.3 is 0 Å². The molecule has 0 saturated heterocycles. The van der Waals surface area contributed by atoms with Gasteiger partial charge in [0.1, 0.15) is 16.5 Å². The smallest absolute Gasteiger partial charge is 0.275 e. The highest BCUT2D eigenvalue weighted by Crippen LogP contribution is 2.25. The van der Waals surface area contributed by atoms with E-state index in [0.29, 0.717) is 22.2 Å². The number of thiazole rings is 1. The molecule has 3 aromatic rings. The molecule has 0 spiro atoms. The molecule has 8 heteroatoms. The van der Waals surface area contributed by atoms with Crippen LogP contribution in [0.1, 0.15) is 10.5 Å². The molecule has 2 amide bonds. The Balaban J connectivity index is 1.65. The SMILES string of the molecule is NC(=O)COc1ccc(NC(=O)c2csc(-c3ccc(Cl)cc3)n2)cc1. The number of anilines is 1. The zero-order valence-corrected chi connectivity index (χ0v) is 15.0. The van der Waals surface area contributed by atoms with Crippen molar-refractivity contribution in [1.82, 2.24) is 4.98 Å². The largest absolute Gasteiger partial charge is 0.484 e. The molecule has 6 nitrogen and oxygen atoms in total. The van der Waals surface area contributed by atoms with Crippen molar-refractivity contribution in [3.05, 3.63) is 64.6 Å². The number of aromatic nitrogens is 1. The second-order valence-corrected chi connectivity index (χ2v) is 6.57. The van der Waals surface area contributed by atoms with Gasteiger partial charge in [0.2, 0.25) is 0 Å². The number of ether oxygens (including phenoxy) is 1. The van der Waals surface area contributed by atoms with Crippen LogP contribution in [0, 0.1) is 0 Å². The van der Waals surface area contributed by atoms with Gasteiger partial charge in [-0.05, 0) is 36.4 Å². The number of primary amides is 1. The Morgan fingerprint density at radius 1 is 1.12 bits per heavy atom. The lowest BCUT2D eigenvalue weighted by molar-refractivity contribution is -0.119. The fourth-order valence-electron chi connectivity index (χ4n) is 2.09. The molecule has 1 heterocycles. The molecule has 2 aromatic carbocycles. The summed E-state index contributed by atoms with van der Waals surface area (Å²) in [6.07, 6.45) is 0. The molecular weight excluding hydrogens is 374 g/mol. The number of carbonyl (C=O) groups excluding carboxylic acids is 2. The summed E-state index contributed by atoms with van der Waals surface area (Å²) in [6.45, 7) is -0.196. The van der Waals surface area contributed by atoms with Crippen molar-refractivity contribution in [2.24, 2.45) is 5.73 Å². The number of halogens is 1. The number of nitrogens with one attached hydrogen (secondary N) is 1. The third kappa shape index (κ3) is 4.59. The van der Waals surface area contributed by atoms with Crippen molar-refractivity contribution < 1.29 is 14.3 Å². The van der Waals surface area contributed by atoms with Gasteiger partial charge in [-0.25, -0.2) is 4.98 Å². The van der Waals surface area contributed by atoms with Crippen LogP contribution in [-0.2, 0) is 4.79 Å². The molecule has 0 aliphatic heterocycles. The van der Waals surface area contributed by atoms with Crippen molar-refractivity contribution >= 4 is 40.4 Å². The molecule has 0 bridgehead atoms. The Kier molecular flexibility index (Phi) is 5.50. The summed E-state index contributed by atoms with van der Waals surface area (Å²) in [7, 11) is 0. The monoisotopic (exact) mass is 387 g/mol. The quantitative estimate of drug-likeness (QED) is 0.675. The Labute approximate surface area is 158 Å². The van der Waals surface area contributed by atoms with Gasteiger partial charge < -0.3 is 15.8 Å². The highest BCUT2D eigenvalue weighted by atomic mass is 35.5. The van der Waals surface area contributed by atoms with E-state index in [1.807, 2.05) is 12.1 Å². The molecular formula is C18H14ClN3O3S. The van der Waals surface area contributed by atoms with E-state index in [9.17, 15) is 9.59 Å². The maximum atomic E-state index is 12.3. The van der Waals surface area contributed by atoms with Gasteiger partial charge in [0.05, 0.1) is 0 Å². The van der Waals surface area contributed by atoms with Gasteiger partial charge in [0.25, 0.3) is 11.8 Å². The predicted octanol–water partition coefficient (Wildman–Crippen LogP) is 3.58. The summed E-state index contributed by atoms with van der Waals surface area (Å²) >= 11 is 7.26. The lowest BCUT2D eigenvalue weighted by Crippen LogP contribution is -2.20. The molecule has 0 radical (unpaired) electrons. The summed E-state index contributed by atoms with van der Waals surface area (Å²) in [5.41, 5.74) is 6.83. The Morgan fingerprint density at radius 3 is 2.46 bits per heavy atom. The van der Waals surface area contributed by atoms with Crippen molar-refractivity contribution in [1.29, 1.82) is 0 Å². The van der Waals surface area contributed by atoms with Crippen molar-refractivity contribution in [3.63, 3.8) is 0 Å². The first-order valence-electron chi connectivity index (χ1n) is 7.55. The van der Waals surface area contributed by atoms with Crippen molar-refractivity contribution in [3.8, 4) is 16.3 Å². The molecule has 0 atom stereocenters. The van der Waals surface area contributed by atoms with Gasteiger partial charge in [-0.15, -0.1) is 11.3 Å². The van der Waals surface area contributed by atoms with E-state index in [2.05, 4.69) is 10.3 Å². The summed E-state index contributed by atoms with van der Waals surface area (Å²) < 4.78 is 5.17. The third-order valence-corrected chi connectivity index (χ3v) is 4.46. The van der Waals surface area contributed by atoms with Crippen LogP contribution in [0.25, 0.3) is 10.6 Å². The first kappa shape index (κ1) is 17.9. The van der Waals surface area contributed by atoms with E-state index in [1.165, 1.54) is 11.3 Å². The third-order valence-electron chi connectivity index (χ3n) is 3.32. The first-order valence-corrected chi connectivity index (χ1v) is 8.81. The fraction of sp³-hybridized carbons (Fsp3) is 0.0556. The fourth-order valence-corrected chi connectivity index (χ4v) is 3.02. The van der Waals surface area contributed by atoms with Crippen molar-refractivity contribution in [2.75, 3.05) is 11.9 Å². The maximum Gasteiger partial charge on any atom is 0.275 e. The first-order chi connectivity index (χ1) is 12.5. The molecule has 0 aliphatic carbocycles. The minimum atomic E-state index is -0.553. The summed E-state index contributed by atoms with van der Waals surface area (Å²) in [4.78, 5) is 27.4. The van der Waals surface area contributed by atoms with Crippen LogP contribution >= 0.6 is 22.9 Å². The highest BCUT2D eigenvalue weighted by molar-refractivity contribution is 7.13. The van der Waals surface area contributed by atoms with Gasteiger partial charge in [0.15, 0.2) is 6.61 Å². The minimum Gasteiger partial charge on any atom is -0.484 e. The number of nitrogens with zero attached hydrogens (tertiary/aromatic N) is 1. The van der Waals surface area contributed by atoms with Crippen LogP contribution in [0.4, 0.5) is 5.69 Å². The molecule has 0 fully saturated rings. The molecule has 1 aromatic heterocycles. The molecule has 132 valence electrons. The molecule has 26 heavy (non-hydrogen) atoms. The van der Waals surface area contributed by atoms with E-state index in [-0.39, 0.29) is 12.5 Å². The van der Waals surface area contributed by atoms with Gasteiger partial charge in [-0.1, -0.05) is 23.7 Å². The van der Waals surface area contributed by atoms with Gasteiger partial charge in [0, 0.05) is 21.7 Å². The lowest BCUT2D eigenvalue weighted by atomic mass is 10.2. The van der Waals surface area contributed by atoms with E-state index >= 15 is 0 Å².